The van der Waals surface area contributed by atoms with Gasteiger partial charge in [0.25, 0.3) is 0 Å². The molecular weight excluding hydrogens is 328 g/mol. The van der Waals surface area contributed by atoms with Crippen LogP contribution in [-0.4, -0.2) is 19.7 Å². The third-order valence-corrected chi connectivity index (χ3v) is 3.65. The first-order valence-corrected chi connectivity index (χ1v) is 7.97. The van der Waals surface area contributed by atoms with Gasteiger partial charge in [0, 0.05) is 22.4 Å². The number of nitrogen functional groups attached to an aromatic ring is 1. The van der Waals surface area contributed by atoms with E-state index in [1.165, 1.54) is 0 Å². The zero-order valence-corrected chi connectivity index (χ0v) is 13.8. The van der Waals surface area contributed by atoms with Crippen LogP contribution in [0, 0.1) is 0 Å². The SMILES string of the molecule is CCCN(CCOc1cccc(Br)c1)c1cccc(N)c1. The lowest BCUT2D eigenvalue weighted by Gasteiger charge is -2.24. The van der Waals surface area contributed by atoms with Crippen LogP contribution in [0.3, 0.4) is 0 Å². The molecule has 0 spiro atoms. The number of nitrogens with two attached hydrogens (primary N) is 1. The maximum atomic E-state index is 5.87. The Morgan fingerprint density at radius 3 is 2.62 bits per heavy atom. The summed E-state index contributed by atoms with van der Waals surface area (Å²) in [7, 11) is 0. The van der Waals surface area contributed by atoms with Crippen molar-refractivity contribution in [1.82, 2.24) is 0 Å². The fraction of sp³-hybridized carbons (Fsp3) is 0.294. The topological polar surface area (TPSA) is 38.5 Å². The lowest BCUT2D eigenvalue weighted by Crippen LogP contribution is -2.29. The van der Waals surface area contributed by atoms with Gasteiger partial charge < -0.3 is 15.4 Å². The molecule has 0 aliphatic heterocycles. The summed E-state index contributed by atoms with van der Waals surface area (Å²) in [5, 5.41) is 0. The van der Waals surface area contributed by atoms with Crippen molar-refractivity contribution in [3.63, 3.8) is 0 Å². The van der Waals surface area contributed by atoms with E-state index in [1.807, 2.05) is 42.5 Å². The van der Waals surface area contributed by atoms with E-state index >= 15 is 0 Å². The number of halogens is 1. The fourth-order valence-electron chi connectivity index (χ4n) is 2.19. The molecule has 112 valence electrons. The molecule has 2 aromatic carbocycles. The molecule has 3 nitrogen and oxygen atoms in total. The second-order valence-electron chi connectivity index (χ2n) is 4.89. The molecule has 0 radical (unpaired) electrons. The smallest absolute Gasteiger partial charge is 0.120 e. The summed E-state index contributed by atoms with van der Waals surface area (Å²) in [6, 6.07) is 15.9. The quantitative estimate of drug-likeness (QED) is 0.757. The van der Waals surface area contributed by atoms with Crippen LogP contribution in [-0.2, 0) is 0 Å². The first-order valence-electron chi connectivity index (χ1n) is 7.18. The Balaban J connectivity index is 1.94. The molecule has 2 aromatic rings. The third kappa shape index (κ3) is 4.97. The van der Waals surface area contributed by atoms with E-state index in [2.05, 4.69) is 33.8 Å². The Morgan fingerprint density at radius 1 is 1.10 bits per heavy atom. The van der Waals surface area contributed by atoms with Gasteiger partial charge in [-0.2, -0.15) is 0 Å². The Bertz CT molecular complexity index is 574. The predicted octanol–water partition coefficient (Wildman–Crippen LogP) is 4.33. The van der Waals surface area contributed by atoms with Crippen molar-refractivity contribution in [2.24, 2.45) is 0 Å². The summed E-state index contributed by atoms with van der Waals surface area (Å²) < 4.78 is 6.84. The molecule has 21 heavy (non-hydrogen) atoms. The Kier molecular flexibility index (Phi) is 5.93. The second-order valence-corrected chi connectivity index (χ2v) is 5.80. The lowest BCUT2D eigenvalue weighted by molar-refractivity contribution is 0.323. The van der Waals surface area contributed by atoms with Crippen molar-refractivity contribution in [2.45, 2.75) is 13.3 Å². The van der Waals surface area contributed by atoms with Gasteiger partial charge in [0.05, 0.1) is 6.54 Å². The van der Waals surface area contributed by atoms with Gasteiger partial charge in [-0.1, -0.05) is 35.0 Å². The number of benzene rings is 2. The summed E-state index contributed by atoms with van der Waals surface area (Å²) in [4.78, 5) is 2.30. The van der Waals surface area contributed by atoms with Crippen LogP contribution >= 0.6 is 15.9 Å². The summed E-state index contributed by atoms with van der Waals surface area (Å²) in [6.07, 6.45) is 1.09. The van der Waals surface area contributed by atoms with Crippen molar-refractivity contribution in [3.05, 3.63) is 53.0 Å². The molecule has 0 fully saturated rings. The maximum absolute atomic E-state index is 5.87. The van der Waals surface area contributed by atoms with Crippen molar-refractivity contribution in [1.29, 1.82) is 0 Å². The van der Waals surface area contributed by atoms with Gasteiger partial charge in [-0.15, -0.1) is 0 Å². The normalized spacial score (nSPS) is 10.4. The van der Waals surface area contributed by atoms with Gasteiger partial charge >= 0.3 is 0 Å². The standard InChI is InChI=1S/C17H21BrN2O/c1-2-9-20(16-7-4-6-15(19)13-16)10-11-21-17-8-3-5-14(18)12-17/h3-8,12-13H,2,9-11,19H2,1H3. The van der Waals surface area contributed by atoms with Gasteiger partial charge in [-0.25, -0.2) is 0 Å². The van der Waals surface area contributed by atoms with E-state index in [4.69, 9.17) is 10.5 Å². The zero-order chi connectivity index (χ0) is 15.1. The summed E-state index contributed by atoms with van der Waals surface area (Å²) in [5.41, 5.74) is 7.81. The van der Waals surface area contributed by atoms with Crippen LogP contribution < -0.4 is 15.4 Å². The highest BCUT2D eigenvalue weighted by molar-refractivity contribution is 9.10. The third-order valence-electron chi connectivity index (χ3n) is 3.15. The van der Waals surface area contributed by atoms with E-state index in [1.54, 1.807) is 0 Å². The minimum Gasteiger partial charge on any atom is -0.492 e. The molecule has 2 N–H and O–H groups in total. The van der Waals surface area contributed by atoms with E-state index < -0.39 is 0 Å². The van der Waals surface area contributed by atoms with Crippen LogP contribution in [0.5, 0.6) is 5.75 Å². The van der Waals surface area contributed by atoms with E-state index in [-0.39, 0.29) is 0 Å². The number of hydrogen-bond acceptors (Lipinski definition) is 3. The van der Waals surface area contributed by atoms with E-state index in [0.29, 0.717) is 6.61 Å². The minimum atomic E-state index is 0.644. The first kappa shape index (κ1) is 15.7. The molecule has 0 amide bonds. The highest BCUT2D eigenvalue weighted by Crippen LogP contribution is 2.19. The number of rotatable bonds is 7. The average Bonchev–Trinajstić information content (AvgIpc) is 2.46. The largest absolute Gasteiger partial charge is 0.492 e. The summed E-state index contributed by atoms with van der Waals surface area (Å²) in [5.74, 6) is 0.883. The molecule has 4 heteroatoms. The fourth-order valence-corrected chi connectivity index (χ4v) is 2.57. The van der Waals surface area contributed by atoms with Gasteiger partial charge in [-0.05, 0) is 42.8 Å². The maximum Gasteiger partial charge on any atom is 0.120 e. The van der Waals surface area contributed by atoms with Crippen LogP contribution in [0.15, 0.2) is 53.0 Å². The van der Waals surface area contributed by atoms with Crippen molar-refractivity contribution in [3.8, 4) is 5.75 Å². The molecule has 0 unspecified atom stereocenters. The van der Waals surface area contributed by atoms with Crippen LogP contribution in [0.1, 0.15) is 13.3 Å². The van der Waals surface area contributed by atoms with E-state index in [0.717, 1.165) is 41.1 Å². The summed E-state index contributed by atoms with van der Waals surface area (Å²) in [6.45, 7) is 4.65. The number of ether oxygens (including phenoxy) is 1. The molecule has 0 saturated carbocycles. The van der Waals surface area contributed by atoms with Crippen LogP contribution in [0.25, 0.3) is 0 Å². The van der Waals surface area contributed by atoms with Crippen molar-refractivity contribution in [2.75, 3.05) is 30.3 Å². The zero-order valence-electron chi connectivity index (χ0n) is 12.3. The first-order chi connectivity index (χ1) is 10.2. The number of anilines is 2. The van der Waals surface area contributed by atoms with Crippen molar-refractivity contribution >= 4 is 27.3 Å². The molecular formula is C17H21BrN2O. The Morgan fingerprint density at radius 2 is 1.90 bits per heavy atom. The molecule has 0 bridgehead atoms. The highest BCUT2D eigenvalue weighted by Gasteiger charge is 2.06. The molecule has 0 heterocycles. The van der Waals surface area contributed by atoms with Gasteiger partial charge in [-0.3, -0.25) is 0 Å². The molecule has 0 atom stereocenters. The average molecular weight is 349 g/mol. The highest BCUT2D eigenvalue weighted by atomic mass is 79.9. The Hall–Kier alpha value is -1.68. The van der Waals surface area contributed by atoms with E-state index in [9.17, 15) is 0 Å². The van der Waals surface area contributed by atoms with Crippen LogP contribution in [0.2, 0.25) is 0 Å². The number of nitrogens with zero attached hydrogens (tertiary/aromatic N) is 1. The minimum absolute atomic E-state index is 0.644. The molecule has 0 aliphatic rings. The number of hydrogen-bond donors (Lipinski definition) is 1. The van der Waals surface area contributed by atoms with Crippen molar-refractivity contribution < 1.29 is 4.74 Å². The predicted molar refractivity (Wildman–Crippen MR) is 93.0 cm³/mol. The molecule has 0 aromatic heterocycles. The Labute approximate surface area is 134 Å². The summed E-state index contributed by atoms with van der Waals surface area (Å²) >= 11 is 3.45. The van der Waals surface area contributed by atoms with Gasteiger partial charge in [0.2, 0.25) is 0 Å². The second kappa shape index (κ2) is 7.93. The lowest BCUT2D eigenvalue weighted by atomic mass is 10.2. The van der Waals surface area contributed by atoms with Crippen LogP contribution in [0.4, 0.5) is 11.4 Å². The van der Waals surface area contributed by atoms with Gasteiger partial charge in [0.15, 0.2) is 0 Å². The molecule has 0 aliphatic carbocycles. The van der Waals surface area contributed by atoms with Gasteiger partial charge in [0.1, 0.15) is 12.4 Å². The molecule has 0 saturated heterocycles. The monoisotopic (exact) mass is 348 g/mol. The molecule has 2 rings (SSSR count).